The quantitative estimate of drug-likeness (QED) is 0.869. The fourth-order valence-electron chi connectivity index (χ4n) is 3.98. The van der Waals surface area contributed by atoms with Gasteiger partial charge in [0, 0.05) is 18.1 Å². The molecule has 0 unspecified atom stereocenters. The van der Waals surface area contributed by atoms with Gasteiger partial charge >= 0.3 is 0 Å². The fourth-order valence-corrected chi connectivity index (χ4v) is 3.98. The molecular formula is C16H24N4O2. The zero-order chi connectivity index (χ0) is 15.6. The second-order valence-corrected chi connectivity index (χ2v) is 6.34. The van der Waals surface area contributed by atoms with Crippen molar-refractivity contribution in [1.29, 1.82) is 0 Å². The third-order valence-corrected chi connectivity index (χ3v) is 5.18. The van der Waals surface area contributed by atoms with Crippen LogP contribution in [0.1, 0.15) is 55.9 Å². The van der Waals surface area contributed by atoms with Crippen molar-refractivity contribution in [2.45, 2.75) is 57.6 Å². The van der Waals surface area contributed by atoms with Crippen LogP contribution in [0, 0.1) is 5.41 Å². The molecule has 6 heteroatoms. The van der Waals surface area contributed by atoms with E-state index in [2.05, 4.69) is 22.4 Å². The lowest BCUT2D eigenvalue weighted by Gasteiger charge is -2.57. The maximum absolute atomic E-state index is 11.0. The number of primary amides is 1. The van der Waals surface area contributed by atoms with Crippen LogP contribution in [-0.4, -0.2) is 34.9 Å². The molecule has 0 saturated heterocycles. The molecule has 1 amide bonds. The predicted octanol–water partition coefficient (Wildman–Crippen LogP) is 2.12. The zero-order valence-electron chi connectivity index (χ0n) is 13.0. The molecule has 0 aliphatic heterocycles. The number of anilines is 1. The van der Waals surface area contributed by atoms with Crippen molar-refractivity contribution in [3.8, 4) is 0 Å². The average molecular weight is 304 g/mol. The molecule has 2 fully saturated rings. The second-order valence-electron chi connectivity index (χ2n) is 6.34. The van der Waals surface area contributed by atoms with E-state index in [0.29, 0.717) is 18.0 Å². The highest BCUT2D eigenvalue weighted by Crippen LogP contribution is 2.54. The number of ether oxygens (including phenoxy) is 1. The van der Waals surface area contributed by atoms with E-state index in [1.807, 2.05) is 0 Å². The number of carbonyl (C=O) groups excluding carboxylic acids is 1. The lowest BCUT2D eigenvalue weighted by molar-refractivity contribution is -0.134. The van der Waals surface area contributed by atoms with Crippen LogP contribution >= 0.6 is 0 Å². The van der Waals surface area contributed by atoms with Gasteiger partial charge in [-0.1, -0.05) is 19.3 Å². The van der Waals surface area contributed by atoms with E-state index in [9.17, 15) is 4.79 Å². The van der Waals surface area contributed by atoms with Crippen LogP contribution in [0.25, 0.3) is 0 Å². The van der Waals surface area contributed by atoms with Gasteiger partial charge in [0.1, 0.15) is 5.82 Å². The van der Waals surface area contributed by atoms with Gasteiger partial charge in [-0.15, -0.1) is 10.2 Å². The Labute approximate surface area is 130 Å². The molecule has 2 atom stereocenters. The first-order valence-electron chi connectivity index (χ1n) is 8.17. The van der Waals surface area contributed by atoms with E-state index in [1.54, 1.807) is 12.1 Å². The number of hydrogen-bond donors (Lipinski definition) is 2. The third kappa shape index (κ3) is 2.67. The minimum Gasteiger partial charge on any atom is -0.378 e. The Kier molecular flexibility index (Phi) is 4.29. The van der Waals surface area contributed by atoms with Crippen molar-refractivity contribution in [3.05, 3.63) is 17.8 Å². The summed E-state index contributed by atoms with van der Waals surface area (Å²) in [5, 5.41) is 11.4. The van der Waals surface area contributed by atoms with E-state index in [1.165, 1.54) is 32.1 Å². The average Bonchev–Trinajstić information content (AvgIpc) is 2.55. The summed E-state index contributed by atoms with van der Waals surface area (Å²) in [7, 11) is 0. The number of aromatic nitrogens is 2. The molecule has 0 bridgehead atoms. The summed E-state index contributed by atoms with van der Waals surface area (Å²) in [5.74, 6) is 0.151. The van der Waals surface area contributed by atoms with Gasteiger partial charge in [-0.2, -0.15) is 0 Å². The number of nitrogens with two attached hydrogens (primary N) is 1. The normalized spacial score (nSPS) is 26.4. The molecular weight excluding hydrogens is 280 g/mol. The number of hydrogen-bond acceptors (Lipinski definition) is 5. The van der Waals surface area contributed by atoms with E-state index >= 15 is 0 Å². The molecule has 6 nitrogen and oxygen atoms in total. The summed E-state index contributed by atoms with van der Waals surface area (Å²) in [5.41, 5.74) is 5.62. The van der Waals surface area contributed by atoms with Crippen LogP contribution in [0.2, 0.25) is 0 Å². The molecule has 2 aliphatic rings. The van der Waals surface area contributed by atoms with Crippen molar-refractivity contribution >= 4 is 11.7 Å². The Morgan fingerprint density at radius 3 is 2.73 bits per heavy atom. The summed E-state index contributed by atoms with van der Waals surface area (Å²) in [4.78, 5) is 11.0. The van der Waals surface area contributed by atoms with Crippen molar-refractivity contribution < 1.29 is 9.53 Å². The largest absolute Gasteiger partial charge is 0.378 e. The first-order valence-corrected chi connectivity index (χ1v) is 8.17. The number of nitrogens with zero attached hydrogens (tertiary/aromatic N) is 2. The summed E-state index contributed by atoms with van der Waals surface area (Å²) < 4.78 is 5.95. The molecule has 1 heterocycles. The summed E-state index contributed by atoms with van der Waals surface area (Å²) in [6.07, 6.45) is 7.65. The van der Waals surface area contributed by atoms with E-state index < -0.39 is 5.91 Å². The van der Waals surface area contributed by atoms with Crippen LogP contribution in [0.4, 0.5) is 5.82 Å². The van der Waals surface area contributed by atoms with E-state index in [-0.39, 0.29) is 11.1 Å². The molecule has 1 spiro atoms. The third-order valence-electron chi connectivity index (χ3n) is 5.18. The van der Waals surface area contributed by atoms with Gasteiger partial charge in [-0.25, -0.2) is 0 Å². The molecule has 2 aliphatic carbocycles. The van der Waals surface area contributed by atoms with Gasteiger partial charge in [0.2, 0.25) is 0 Å². The molecule has 0 aromatic carbocycles. The van der Waals surface area contributed by atoms with Crippen LogP contribution in [0.5, 0.6) is 0 Å². The molecule has 3 rings (SSSR count). The first-order chi connectivity index (χ1) is 10.7. The Balaban J connectivity index is 1.70. The molecule has 3 N–H and O–H groups in total. The molecule has 120 valence electrons. The van der Waals surface area contributed by atoms with Gasteiger partial charge in [0.05, 0.1) is 6.10 Å². The summed E-state index contributed by atoms with van der Waals surface area (Å²) in [6, 6.07) is 3.76. The van der Waals surface area contributed by atoms with Crippen molar-refractivity contribution in [2.24, 2.45) is 11.1 Å². The molecule has 1 aromatic rings. The first kappa shape index (κ1) is 15.2. The topological polar surface area (TPSA) is 90.1 Å². The lowest BCUT2D eigenvalue weighted by atomic mass is 9.55. The van der Waals surface area contributed by atoms with Gasteiger partial charge in [0.25, 0.3) is 5.91 Å². The zero-order valence-corrected chi connectivity index (χ0v) is 13.0. The molecule has 1 aromatic heterocycles. The standard InChI is InChI=1S/C16H24N4O2/c1-2-22-13-10-12(16(13)8-4-3-5-9-16)18-14-7-6-11(15(17)21)19-20-14/h6-7,12-13H,2-5,8-10H2,1H3,(H2,17,21)(H,18,20)/t12-,13-/m0/s1. The summed E-state index contributed by atoms with van der Waals surface area (Å²) in [6.45, 7) is 2.83. The number of nitrogens with one attached hydrogen (secondary N) is 1. The van der Waals surface area contributed by atoms with Crippen molar-refractivity contribution in [3.63, 3.8) is 0 Å². The Hall–Kier alpha value is -1.69. The number of rotatable bonds is 5. The Morgan fingerprint density at radius 1 is 1.36 bits per heavy atom. The molecule has 2 saturated carbocycles. The Bertz CT molecular complexity index is 525. The smallest absolute Gasteiger partial charge is 0.269 e. The van der Waals surface area contributed by atoms with Crippen LogP contribution in [0.3, 0.4) is 0 Å². The summed E-state index contributed by atoms with van der Waals surface area (Å²) >= 11 is 0. The minimum atomic E-state index is -0.553. The molecule has 22 heavy (non-hydrogen) atoms. The van der Waals surface area contributed by atoms with Crippen LogP contribution in [0.15, 0.2) is 12.1 Å². The van der Waals surface area contributed by atoms with Gasteiger partial charge in [-0.3, -0.25) is 4.79 Å². The monoisotopic (exact) mass is 304 g/mol. The highest BCUT2D eigenvalue weighted by molar-refractivity contribution is 5.90. The predicted molar refractivity (Wildman–Crippen MR) is 83.5 cm³/mol. The van der Waals surface area contributed by atoms with Crippen molar-refractivity contribution in [2.75, 3.05) is 11.9 Å². The maximum atomic E-state index is 11.0. The molecule has 0 radical (unpaired) electrons. The van der Waals surface area contributed by atoms with E-state index in [0.717, 1.165) is 13.0 Å². The van der Waals surface area contributed by atoms with Gasteiger partial charge in [-0.05, 0) is 38.3 Å². The van der Waals surface area contributed by atoms with Crippen molar-refractivity contribution in [1.82, 2.24) is 10.2 Å². The highest BCUT2D eigenvalue weighted by atomic mass is 16.5. The SMILES string of the molecule is CCO[C@H]1C[C@H](Nc2ccc(C(N)=O)nn2)C12CCCCC2. The number of amides is 1. The van der Waals surface area contributed by atoms with Gasteiger partial charge < -0.3 is 15.8 Å². The van der Waals surface area contributed by atoms with Gasteiger partial charge in [0.15, 0.2) is 5.69 Å². The van der Waals surface area contributed by atoms with E-state index in [4.69, 9.17) is 10.5 Å². The fraction of sp³-hybridized carbons (Fsp3) is 0.688. The highest BCUT2D eigenvalue weighted by Gasteiger charge is 2.55. The lowest BCUT2D eigenvalue weighted by Crippen LogP contribution is -2.62. The minimum absolute atomic E-state index is 0.193. The second kappa shape index (κ2) is 6.20. The number of carbonyl (C=O) groups is 1. The van der Waals surface area contributed by atoms with Crippen LogP contribution in [-0.2, 0) is 4.74 Å². The van der Waals surface area contributed by atoms with Crippen LogP contribution < -0.4 is 11.1 Å². The Morgan fingerprint density at radius 2 is 2.14 bits per heavy atom. The maximum Gasteiger partial charge on any atom is 0.269 e.